The molecule has 26 heavy (non-hydrogen) atoms. The summed E-state index contributed by atoms with van der Waals surface area (Å²) in [6.07, 6.45) is 5.30. The number of benzene rings is 2. The molecule has 2 aromatic heterocycles. The van der Waals surface area contributed by atoms with Crippen molar-refractivity contribution in [2.45, 2.75) is 18.9 Å². The van der Waals surface area contributed by atoms with Crippen molar-refractivity contribution in [3.63, 3.8) is 0 Å². The molecular formula is C21H17N5. The molecule has 0 saturated carbocycles. The number of nitrogens with zero attached hydrogens (tertiary/aromatic N) is 4. The first kappa shape index (κ1) is 15.0. The van der Waals surface area contributed by atoms with E-state index >= 15 is 0 Å². The van der Waals surface area contributed by atoms with Crippen LogP contribution >= 0.6 is 0 Å². The molecule has 0 radical (unpaired) electrons. The SMILES string of the molecule is c1ccc(-c2cnc3ncnc(NC4Cc5ccccc5C4)c3n2)cc1. The topological polar surface area (TPSA) is 63.6 Å². The van der Waals surface area contributed by atoms with Gasteiger partial charge in [0.1, 0.15) is 6.33 Å². The summed E-state index contributed by atoms with van der Waals surface area (Å²) in [5.41, 5.74) is 5.98. The molecule has 4 aromatic rings. The summed E-state index contributed by atoms with van der Waals surface area (Å²) in [7, 11) is 0. The first-order valence-electron chi connectivity index (χ1n) is 8.73. The largest absolute Gasteiger partial charge is 0.365 e. The molecule has 5 nitrogen and oxygen atoms in total. The van der Waals surface area contributed by atoms with Crippen LogP contribution in [0.5, 0.6) is 0 Å². The Labute approximate surface area is 151 Å². The van der Waals surface area contributed by atoms with Crippen molar-refractivity contribution in [1.82, 2.24) is 19.9 Å². The number of rotatable bonds is 3. The van der Waals surface area contributed by atoms with Gasteiger partial charge in [0.15, 0.2) is 17.0 Å². The Kier molecular flexibility index (Phi) is 3.56. The molecule has 2 aromatic carbocycles. The van der Waals surface area contributed by atoms with Gasteiger partial charge >= 0.3 is 0 Å². The zero-order chi connectivity index (χ0) is 17.3. The number of fused-ring (bicyclic) bond motifs is 2. The highest BCUT2D eigenvalue weighted by molar-refractivity contribution is 5.84. The molecule has 1 aliphatic rings. The molecule has 126 valence electrons. The van der Waals surface area contributed by atoms with E-state index in [1.54, 1.807) is 12.5 Å². The Hall–Kier alpha value is -3.34. The lowest BCUT2D eigenvalue weighted by atomic mass is 10.1. The lowest BCUT2D eigenvalue weighted by Gasteiger charge is -2.14. The van der Waals surface area contributed by atoms with E-state index in [1.807, 2.05) is 30.3 Å². The van der Waals surface area contributed by atoms with E-state index in [0.29, 0.717) is 17.2 Å². The maximum Gasteiger partial charge on any atom is 0.183 e. The first-order chi connectivity index (χ1) is 12.9. The van der Waals surface area contributed by atoms with Gasteiger partial charge < -0.3 is 5.32 Å². The average molecular weight is 339 g/mol. The third kappa shape index (κ3) is 2.67. The average Bonchev–Trinajstić information content (AvgIpc) is 3.11. The molecule has 0 atom stereocenters. The molecule has 0 unspecified atom stereocenters. The number of anilines is 1. The maximum atomic E-state index is 4.79. The van der Waals surface area contributed by atoms with E-state index in [0.717, 1.165) is 29.9 Å². The first-order valence-corrected chi connectivity index (χ1v) is 8.73. The quantitative estimate of drug-likeness (QED) is 0.617. The van der Waals surface area contributed by atoms with E-state index in [4.69, 9.17) is 4.98 Å². The van der Waals surface area contributed by atoms with Gasteiger partial charge in [-0.25, -0.2) is 19.9 Å². The second-order valence-corrected chi connectivity index (χ2v) is 6.53. The van der Waals surface area contributed by atoms with Crippen LogP contribution in [-0.4, -0.2) is 26.0 Å². The van der Waals surface area contributed by atoms with Crippen LogP contribution in [0, 0.1) is 0 Å². The monoisotopic (exact) mass is 339 g/mol. The summed E-state index contributed by atoms with van der Waals surface area (Å²) < 4.78 is 0. The summed E-state index contributed by atoms with van der Waals surface area (Å²) in [5, 5.41) is 3.56. The van der Waals surface area contributed by atoms with Crippen LogP contribution in [0.4, 0.5) is 5.82 Å². The number of hydrogen-bond donors (Lipinski definition) is 1. The lowest BCUT2D eigenvalue weighted by Crippen LogP contribution is -2.20. The zero-order valence-electron chi connectivity index (χ0n) is 14.1. The summed E-state index contributed by atoms with van der Waals surface area (Å²) in [6.45, 7) is 0. The van der Waals surface area contributed by atoms with Crippen LogP contribution in [0.25, 0.3) is 22.4 Å². The third-order valence-corrected chi connectivity index (χ3v) is 4.81. The predicted octanol–water partition coefficient (Wildman–Crippen LogP) is 3.67. The molecule has 0 amide bonds. The van der Waals surface area contributed by atoms with E-state index in [2.05, 4.69) is 44.5 Å². The molecular weight excluding hydrogens is 322 g/mol. The van der Waals surface area contributed by atoms with Crippen LogP contribution in [0.3, 0.4) is 0 Å². The second-order valence-electron chi connectivity index (χ2n) is 6.53. The van der Waals surface area contributed by atoms with Gasteiger partial charge in [0.2, 0.25) is 0 Å². The third-order valence-electron chi connectivity index (χ3n) is 4.81. The fourth-order valence-corrected chi connectivity index (χ4v) is 3.55. The fraction of sp³-hybridized carbons (Fsp3) is 0.143. The van der Waals surface area contributed by atoms with E-state index in [-0.39, 0.29) is 0 Å². The number of nitrogens with one attached hydrogen (secondary N) is 1. The number of hydrogen-bond acceptors (Lipinski definition) is 5. The van der Waals surface area contributed by atoms with Crippen LogP contribution in [0.15, 0.2) is 67.1 Å². The smallest absolute Gasteiger partial charge is 0.183 e. The molecule has 0 bridgehead atoms. The lowest BCUT2D eigenvalue weighted by molar-refractivity contribution is 0.769. The van der Waals surface area contributed by atoms with Gasteiger partial charge in [-0.2, -0.15) is 0 Å². The predicted molar refractivity (Wildman–Crippen MR) is 102 cm³/mol. The van der Waals surface area contributed by atoms with Gasteiger partial charge in [0.05, 0.1) is 11.9 Å². The standard InChI is InChI=1S/C21H17N5/c1-2-6-14(7-3-1)18-12-22-20-19(26-18)21(24-13-23-20)25-17-10-15-8-4-5-9-16(15)11-17/h1-9,12-13,17H,10-11H2,(H,22,23,24,25). The minimum Gasteiger partial charge on any atom is -0.365 e. The van der Waals surface area contributed by atoms with E-state index in [1.165, 1.54) is 11.1 Å². The molecule has 2 heterocycles. The molecule has 0 saturated heterocycles. The van der Waals surface area contributed by atoms with Gasteiger partial charge in [-0.15, -0.1) is 0 Å². The van der Waals surface area contributed by atoms with Gasteiger partial charge in [-0.1, -0.05) is 54.6 Å². The van der Waals surface area contributed by atoms with Crippen molar-refractivity contribution in [2.24, 2.45) is 0 Å². The highest BCUT2D eigenvalue weighted by atomic mass is 15.1. The van der Waals surface area contributed by atoms with Crippen LogP contribution in [-0.2, 0) is 12.8 Å². The second kappa shape index (κ2) is 6.19. The van der Waals surface area contributed by atoms with Crippen molar-refractivity contribution in [2.75, 3.05) is 5.32 Å². The summed E-state index contributed by atoms with van der Waals surface area (Å²) in [5.74, 6) is 0.748. The fourth-order valence-electron chi connectivity index (χ4n) is 3.55. The van der Waals surface area contributed by atoms with Gasteiger partial charge in [-0.3, -0.25) is 0 Å². The van der Waals surface area contributed by atoms with Crippen LogP contribution < -0.4 is 5.32 Å². The molecule has 5 rings (SSSR count). The summed E-state index contributed by atoms with van der Waals surface area (Å²) in [4.78, 5) is 18.0. The Morgan fingerprint density at radius 2 is 1.54 bits per heavy atom. The normalized spacial score (nSPS) is 13.7. The van der Waals surface area contributed by atoms with Gasteiger partial charge in [0.25, 0.3) is 0 Å². The van der Waals surface area contributed by atoms with Crippen molar-refractivity contribution < 1.29 is 0 Å². The van der Waals surface area contributed by atoms with Gasteiger partial charge in [-0.05, 0) is 24.0 Å². The highest BCUT2D eigenvalue weighted by Crippen LogP contribution is 2.26. The Morgan fingerprint density at radius 3 is 2.31 bits per heavy atom. The highest BCUT2D eigenvalue weighted by Gasteiger charge is 2.22. The van der Waals surface area contributed by atoms with Gasteiger partial charge in [0, 0.05) is 11.6 Å². The summed E-state index contributed by atoms with van der Waals surface area (Å²) in [6, 6.07) is 18.9. The van der Waals surface area contributed by atoms with Crippen molar-refractivity contribution in [3.05, 3.63) is 78.2 Å². The molecule has 0 aliphatic heterocycles. The molecule has 0 spiro atoms. The molecule has 5 heteroatoms. The Balaban J connectivity index is 1.50. The van der Waals surface area contributed by atoms with Crippen LogP contribution in [0.2, 0.25) is 0 Å². The maximum absolute atomic E-state index is 4.79. The summed E-state index contributed by atoms with van der Waals surface area (Å²) >= 11 is 0. The van der Waals surface area contributed by atoms with E-state index < -0.39 is 0 Å². The molecule has 1 N–H and O–H groups in total. The Morgan fingerprint density at radius 1 is 0.808 bits per heavy atom. The van der Waals surface area contributed by atoms with Crippen molar-refractivity contribution in [1.29, 1.82) is 0 Å². The van der Waals surface area contributed by atoms with E-state index in [9.17, 15) is 0 Å². The zero-order valence-corrected chi connectivity index (χ0v) is 14.1. The van der Waals surface area contributed by atoms with Crippen LogP contribution in [0.1, 0.15) is 11.1 Å². The molecule has 1 aliphatic carbocycles. The minimum atomic E-state index is 0.313. The number of aromatic nitrogens is 4. The minimum absolute atomic E-state index is 0.313. The molecule has 0 fully saturated rings. The van der Waals surface area contributed by atoms with Crippen molar-refractivity contribution >= 4 is 17.0 Å². The van der Waals surface area contributed by atoms with Crippen molar-refractivity contribution in [3.8, 4) is 11.3 Å². The Bertz CT molecular complexity index is 1050.